The molecule has 4 heteroatoms. The second-order valence-corrected chi connectivity index (χ2v) is 27.8. The Morgan fingerprint density at radius 2 is 0.758 bits per heavy atom. The van der Waals surface area contributed by atoms with Crippen LogP contribution < -0.4 is 26.2 Å². The molecule has 1 aliphatic carbocycles. The first-order valence-corrected chi connectivity index (χ1v) is 34.7. The third-order valence-corrected chi connectivity index (χ3v) is 21.4. The van der Waals surface area contributed by atoms with E-state index in [9.17, 15) is 0 Å². The van der Waals surface area contributed by atoms with Gasteiger partial charge >= 0.3 is 0 Å². The first-order valence-electron chi connectivity index (χ1n) is 34.7. The van der Waals surface area contributed by atoms with Crippen LogP contribution in [0.1, 0.15) is 48.6 Å². The molecule has 1 aromatic heterocycles. The Kier molecular flexibility index (Phi) is 13.5. The molecule has 0 atom stereocenters. The van der Waals surface area contributed by atoms with Crippen molar-refractivity contribution in [1.82, 2.24) is 4.57 Å². The summed E-state index contributed by atoms with van der Waals surface area (Å²) in [5, 5.41) is 2.47. The molecular formula is C95H68BN3. The number of benzene rings is 15. The van der Waals surface area contributed by atoms with Crippen LogP contribution >= 0.6 is 0 Å². The lowest BCUT2D eigenvalue weighted by atomic mass is 9.33. The van der Waals surface area contributed by atoms with Crippen molar-refractivity contribution in [3.8, 4) is 72.4 Å². The molecule has 0 amide bonds. The van der Waals surface area contributed by atoms with Gasteiger partial charge in [0.1, 0.15) is 0 Å². The standard InChI is InChI=1S/C95H68BN3/c1-94(2,3)71-60-87-91-88(61-71)99(93-75(66-37-17-7-18-38-66)49-30-50-76(93)67-39-19-8-20-40-67)86-62-72(97-83-52-28-26-46-79(83)89-85(97)58-55-78-77-45-25-27-51-80(77)95(90(78)89,69-41-21-9-22-42-69)70-43-23-10-24-44-70)54-56-81(86)96(91)82-59-68(63-31-11-4-12-32-63)53-57-84(82)98(87)92-73(64-33-13-5-14-34-64)47-29-48-74(92)65-35-15-6-16-36-65/h4-62H,1-3H3. The van der Waals surface area contributed by atoms with Gasteiger partial charge in [-0.1, -0.05) is 336 Å². The van der Waals surface area contributed by atoms with Crippen molar-refractivity contribution in [3.05, 3.63) is 386 Å². The molecule has 3 heterocycles. The number of aromatic nitrogens is 1. The van der Waals surface area contributed by atoms with Gasteiger partial charge in [0, 0.05) is 61.5 Å². The van der Waals surface area contributed by atoms with Gasteiger partial charge in [-0.3, -0.25) is 0 Å². The fraction of sp³-hybridized carbons (Fsp3) is 0.0526. The molecule has 3 nitrogen and oxygen atoms in total. The van der Waals surface area contributed by atoms with Crippen LogP contribution in [0.5, 0.6) is 0 Å². The number of anilines is 6. The number of hydrogen-bond acceptors (Lipinski definition) is 2. The number of rotatable bonds is 10. The zero-order valence-electron chi connectivity index (χ0n) is 55.5. The van der Waals surface area contributed by atoms with E-state index in [0.29, 0.717) is 0 Å². The van der Waals surface area contributed by atoms with Crippen molar-refractivity contribution >= 4 is 79.0 Å². The molecule has 19 rings (SSSR count). The van der Waals surface area contributed by atoms with Crippen molar-refractivity contribution < 1.29 is 0 Å². The van der Waals surface area contributed by atoms with Gasteiger partial charge in [-0.15, -0.1) is 0 Å². The van der Waals surface area contributed by atoms with Gasteiger partial charge in [0.2, 0.25) is 0 Å². The van der Waals surface area contributed by atoms with E-state index in [0.717, 1.165) is 89.7 Å². The molecule has 16 aromatic rings. The Balaban J connectivity index is 0.960. The lowest BCUT2D eigenvalue weighted by Gasteiger charge is -2.46. The van der Waals surface area contributed by atoms with Gasteiger partial charge in [0.05, 0.1) is 27.8 Å². The van der Waals surface area contributed by atoms with E-state index in [-0.39, 0.29) is 12.1 Å². The summed E-state index contributed by atoms with van der Waals surface area (Å²) in [7, 11) is 0. The van der Waals surface area contributed by atoms with Crippen molar-refractivity contribution in [2.45, 2.75) is 31.6 Å². The minimum atomic E-state index is -0.624. The minimum Gasteiger partial charge on any atom is -0.310 e. The highest BCUT2D eigenvalue weighted by atomic mass is 15.2. The summed E-state index contributed by atoms with van der Waals surface area (Å²) in [6.07, 6.45) is 0. The summed E-state index contributed by atoms with van der Waals surface area (Å²) in [5.74, 6) is 0. The van der Waals surface area contributed by atoms with Gasteiger partial charge in [0.15, 0.2) is 0 Å². The second kappa shape index (κ2) is 23.0. The van der Waals surface area contributed by atoms with Gasteiger partial charge in [0.25, 0.3) is 6.71 Å². The van der Waals surface area contributed by atoms with E-state index >= 15 is 0 Å². The summed E-state index contributed by atoms with van der Waals surface area (Å²) in [4.78, 5) is 5.37. The van der Waals surface area contributed by atoms with Crippen LogP contribution in [0.3, 0.4) is 0 Å². The van der Waals surface area contributed by atoms with Gasteiger partial charge < -0.3 is 14.4 Å². The fourth-order valence-electron chi connectivity index (χ4n) is 17.1. The third-order valence-electron chi connectivity index (χ3n) is 21.4. The molecule has 0 saturated carbocycles. The van der Waals surface area contributed by atoms with E-state index in [1.54, 1.807) is 0 Å². The molecule has 15 aromatic carbocycles. The summed E-state index contributed by atoms with van der Waals surface area (Å²) < 4.78 is 2.58. The fourth-order valence-corrected chi connectivity index (χ4v) is 17.1. The first-order chi connectivity index (χ1) is 48.8. The summed E-state index contributed by atoms with van der Waals surface area (Å²) >= 11 is 0. The molecule has 0 saturated heterocycles. The highest BCUT2D eigenvalue weighted by Crippen LogP contribution is 2.60. The van der Waals surface area contributed by atoms with Crippen LogP contribution in [-0.2, 0) is 10.8 Å². The van der Waals surface area contributed by atoms with Crippen molar-refractivity contribution in [3.63, 3.8) is 0 Å². The Labute approximate surface area is 579 Å². The Bertz CT molecular complexity index is 5670. The largest absolute Gasteiger partial charge is 0.310 e. The lowest BCUT2D eigenvalue weighted by Crippen LogP contribution is -2.61. The average Bonchev–Trinajstić information content (AvgIpc) is 1.66. The summed E-state index contributed by atoms with van der Waals surface area (Å²) in [6, 6.07) is 135. The Morgan fingerprint density at radius 3 is 1.28 bits per heavy atom. The monoisotopic (exact) mass is 1260 g/mol. The van der Waals surface area contributed by atoms with E-state index in [4.69, 9.17) is 0 Å². The topological polar surface area (TPSA) is 11.4 Å². The molecule has 0 unspecified atom stereocenters. The third kappa shape index (κ3) is 8.99. The molecule has 0 radical (unpaired) electrons. The molecule has 0 fully saturated rings. The van der Waals surface area contributed by atoms with E-state index in [1.165, 1.54) is 82.9 Å². The zero-order chi connectivity index (χ0) is 65.9. The normalized spacial score (nSPS) is 13.2. The van der Waals surface area contributed by atoms with Crippen LogP contribution in [-0.4, -0.2) is 11.3 Å². The highest BCUT2D eigenvalue weighted by Gasteiger charge is 2.49. The van der Waals surface area contributed by atoms with Crippen LogP contribution in [0.2, 0.25) is 0 Å². The predicted octanol–water partition coefficient (Wildman–Crippen LogP) is 22.9. The highest BCUT2D eigenvalue weighted by molar-refractivity contribution is 7.00. The smallest absolute Gasteiger partial charge is 0.252 e. The molecule has 99 heavy (non-hydrogen) atoms. The van der Waals surface area contributed by atoms with Crippen LogP contribution in [0, 0.1) is 0 Å². The molecule has 0 spiro atoms. The van der Waals surface area contributed by atoms with Crippen LogP contribution in [0.4, 0.5) is 34.1 Å². The number of fused-ring (bicyclic) bond motifs is 11. The van der Waals surface area contributed by atoms with Gasteiger partial charge in [-0.25, -0.2) is 0 Å². The van der Waals surface area contributed by atoms with Crippen molar-refractivity contribution in [2.75, 3.05) is 9.80 Å². The molecule has 2 aliphatic heterocycles. The van der Waals surface area contributed by atoms with E-state index < -0.39 is 5.41 Å². The van der Waals surface area contributed by atoms with Crippen LogP contribution in [0.15, 0.2) is 358 Å². The maximum absolute atomic E-state index is 2.71. The number of para-hydroxylation sites is 3. The molecule has 0 N–H and O–H groups in total. The Morgan fingerprint density at radius 1 is 0.303 bits per heavy atom. The quantitative estimate of drug-likeness (QED) is 0.126. The molecular weight excluding hydrogens is 1190 g/mol. The predicted molar refractivity (Wildman–Crippen MR) is 418 cm³/mol. The maximum atomic E-state index is 2.71. The SMILES string of the molecule is CC(C)(C)c1cc2c3c(c1)N(c1c(-c4ccccc4)cccc1-c1ccccc1)c1cc(-n4c5ccccc5c5c6c(ccc54)-c4ccccc4C6(c4ccccc4)c4ccccc4)ccc1B3c1cc(-c3ccccc3)ccc1N2c1c(-c2ccccc2)cccc1-c1ccccc1. The van der Waals surface area contributed by atoms with Gasteiger partial charge in [-0.2, -0.15) is 0 Å². The average molecular weight is 1260 g/mol. The maximum Gasteiger partial charge on any atom is 0.252 e. The van der Waals surface area contributed by atoms with Crippen molar-refractivity contribution in [1.29, 1.82) is 0 Å². The number of nitrogens with zero attached hydrogens (tertiary/aromatic N) is 3. The zero-order valence-corrected chi connectivity index (χ0v) is 55.5. The first kappa shape index (κ1) is 58.1. The lowest BCUT2D eigenvalue weighted by molar-refractivity contribution is 0.590. The Hall–Kier alpha value is -12.2. The van der Waals surface area contributed by atoms with E-state index in [1.807, 2.05) is 0 Å². The van der Waals surface area contributed by atoms with Gasteiger partial charge in [-0.05, 0) is 137 Å². The second-order valence-electron chi connectivity index (χ2n) is 27.8. The molecule has 466 valence electrons. The molecule has 0 bridgehead atoms. The summed E-state index contributed by atoms with van der Waals surface area (Å²) in [6.45, 7) is 6.93. The number of hydrogen-bond donors (Lipinski definition) is 0. The molecule has 3 aliphatic rings. The minimum absolute atomic E-state index is 0.218. The van der Waals surface area contributed by atoms with Crippen molar-refractivity contribution in [2.24, 2.45) is 0 Å². The summed E-state index contributed by atoms with van der Waals surface area (Å²) in [5.41, 5.74) is 33.5. The van der Waals surface area contributed by atoms with E-state index in [2.05, 4.69) is 393 Å². The van der Waals surface area contributed by atoms with Crippen LogP contribution in [0.25, 0.3) is 94.3 Å².